The first-order valence-corrected chi connectivity index (χ1v) is 5.65. The van der Waals surface area contributed by atoms with E-state index in [4.69, 9.17) is 21.1 Å². The Hall–Kier alpha value is -1.55. The maximum atomic E-state index is 6.14. The SMILES string of the molecule is CCc1nc(Cl)c2cc(OC)cc(OC)c2n1. The van der Waals surface area contributed by atoms with Gasteiger partial charge in [-0.15, -0.1) is 0 Å². The Bertz CT molecular complexity index is 558. The minimum absolute atomic E-state index is 0.420. The predicted molar refractivity (Wildman–Crippen MR) is 67.0 cm³/mol. The second-order valence-electron chi connectivity index (χ2n) is 3.51. The molecule has 0 saturated heterocycles. The molecule has 2 aromatic rings. The normalized spacial score (nSPS) is 10.6. The fourth-order valence-electron chi connectivity index (χ4n) is 1.61. The average molecular weight is 253 g/mol. The van der Waals surface area contributed by atoms with E-state index in [1.807, 2.05) is 6.92 Å². The quantitative estimate of drug-likeness (QED) is 0.788. The van der Waals surface area contributed by atoms with E-state index < -0.39 is 0 Å². The van der Waals surface area contributed by atoms with Crippen molar-refractivity contribution in [2.24, 2.45) is 0 Å². The highest BCUT2D eigenvalue weighted by Gasteiger charge is 2.12. The van der Waals surface area contributed by atoms with Crippen LogP contribution in [0.4, 0.5) is 0 Å². The van der Waals surface area contributed by atoms with Crippen LogP contribution < -0.4 is 9.47 Å². The third kappa shape index (κ3) is 2.13. The van der Waals surface area contributed by atoms with Gasteiger partial charge < -0.3 is 9.47 Å². The number of fused-ring (bicyclic) bond motifs is 1. The molecule has 0 radical (unpaired) electrons. The van der Waals surface area contributed by atoms with Gasteiger partial charge >= 0.3 is 0 Å². The lowest BCUT2D eigenvalue weighted by molar-refractivity contribution is 0.397. The summed E-state index contributed by atoms with van der Waals surface area (Å²) in [6.07, 6.45) is 0.727. The van der Waals surface area contributed by atoms with Crippen LogP contribution in [0.2, 0.25) is 5.15 Å². The van der Waals surface area contributed by atoms with Crippen LogP contribution in [0.3, 0.4) is 0 Å². The van der Waals surface area contributed by atoms with Crippen LogP contribution in [0, 0.1) is 0 Å². The molecule has 2 rings (SSSR count). The Morgan fingerprint density at radius 2 is 1.94 bits per heavy atom. The minimum atomic E-state index is 0.420. The van der Waals surface area contributed by atoms with Crippen LogP contribution in [0.15, 0.2) is 12.1 Å². The molecule has 0 atom stereocenters. The Labute approximate surface area is 105 Å². The summed E-state index contributed by atoms with van der Waals surface area (Å²) in [5.41, 5.74) is 0.713. The van der Waals surface area contributed by atoms with Crippen molar-refractivity contribution in [2.45, 2.75) is 13.3 Å². The summed E-state index contributed by atoms with van der Waals surface area (Å²) in [7, 11) is 3.19. The van der Waals surface area contributed by atoms with Gasteiger partial charge in [0.15, 0.2) is 0 Å². The summed E-state index contributed by atoms with van der Waals surface area (Å²) >= 11 is 6.14. The zero-order chi connectivity index (χ0) is 12.4. The first-order valence-electron chi connectivity index (χ1n) is 5.27. The van der Waals surface area contributed by atoms with E-state index in [0.717, 1.165) is 11.8 Å². The Kier molecular flexibility index (Phi) is 3.33. The zero-order valence-electron chi connectivity index (χ0n) is 9.95. The summed E-state index contributed by atoms with van der Waals surface area (Å²) in [5, 5.41) is 1.16. The Morgan fingerprint density at radius 1 is 1.18 bits per heavy atom. The predicted octanol–water partition coefficient (Wildman–Crippen LogP) is 2.86. The first-order chi connectivity index (χ1) is 8.19. The maximum absolute atomic E-state index is 6.14. The number of methoxy groups -OCH3 is 2. The molecular weight excluding hydrogens is 240 g/mol. The van der Waals surface area contributed by atoms with E-state index in [1.165, 1.54) is 0 Å². The number of hydrogen-bond donors (Lipinski definition) is 0. The molecule has 0 saturated carbocycles. The van der Waals surface area contributed by atoms with E-state index in [0.29, 0.717) is 28.0 Å². The standard InChI is InChI=1S/C12H13ClN2O2/c1-4-10-14-11-8(12(13)15-10)5-7(16-2)6-9(11)17-3/h5-6H,4H2,1-3H3. The van der Waals surface area contributed by atoms with E-state index in [1.54, 1.807) is 26.4 Å². The van der Waals surface area contributed by atoms with Gasteiger partial charge in [-0.3, -0.25) is 0 Å². The van der Waals surface area contributed by atoms with Crippen LogP contribution in [0.5, 0.6) is 11.5 Å². The molecular formula is C12H13ClN2O2. The molecule has 0 unspecified atom stereocenters. The molecule has 0 spiro atoms. The van der Waals surface area contributed by atoms with E-state index in [-0.39, 0.29) is 0 Å². The topological polar surface area (TPSA) is 44.2 Å². The van der Waals surface area contributed by atoms with Crippen molar-refractivity contribution in [3.05, 3.63) is 23.1 Å². The number of ether oxygens (including phenoxy) is 2. The summed E-state index contributed by atoms with van der Waals surface area (Å²) in [4.78, 5) is 8.64. The van der Waals surface area contributed by atoms with Gasteiger partial charge in [-0.1, -0.05) is 18.5 Å². The van der Waals surface area contributed by atoms with Gasteiger partial charge in [0.05, 0.1) is 14.2 Å². The van der Waals surface area contributed by atoms with Gasteiger partial charge in [0, 0.05) is 17.9 Å². The molecule has 0 aliphatic carbocycles. The molecule has 1 aromatic heterocycles. The van der Waals surface area contributed by atoms with Crippen molar-refractivity contribution in [3.63, 3.8) is 0 Å². The third-order valence-electron chi connectivity index (χ3n) is 2.51. The Morgan fingerprint density at radius 3 is 2.53 bits per heavy atom. The second-order valence-corrected chi connectivity index (χ2v) is 3.87. The summed E-state index contributed by atoms with van der Waals surface area (Å²) in [6.45, 7) is 1.98. The van der Waals surface area contributed by atoms with E-state index >= 15 is 0 Å². The van der Waals surface area contributed by atoms with Gasteiger partial charge in [0.2, 0.25) is 0 Å². The number of nitrogens with zero attached hydrogens (tertiary/aromatic N) is 2. The smallest absolute Gasteiger partial charge is 0.148 e. The van der Waals surface area contributed by atoms with Crippen LogP contribution in [-0.2, 0) is 6.42 Å². The highest BCUT2D eigenvalue weighted by Crippen LogP contribution is 2.32. The summed E-state index contributed by atoms with van der Waals surface area (Å²) < 4.78 is 10.5. The maximum Gasteiger partial charge on any atom is 0.148 e. The van der Waals surface area contributed by atoms with Crippen LogP contribution >= 0.6 is 11.6 Å². The minimum Gasteiger partial charge on any atom is -0.497 e. The number of benzene rings is 1. The molecule has 0 amide bonds. The van der Waals surface area contributed by atoms with E-state index in [2.05, 4.69) is 9.97 Å². The van der Waals surface area contributed by atoms with Crippen molar-refractivity contribution in [2.75, 3.05) is 14.2 Å². The fourth-order valence-corrected chi connectivity index (χ4v) is 1.86. The molecule has 0 fully saturated rings. The molecule has 0 bridgehead atoms. The van der Waals surface area contributed by atoms with Crippen molar-refractivity contribution >= 4 is 22.5 Å². The number of halogens is 1. The molecule has 4 nitrogen and oxygen atoms in total. The number of aryl methyl sites for hydroxylation is 1. The van der Waals surface area contributed by atoms with Gasteiger partial charge in [-0.2, -0.15) is 0 Å². The molecule has 0 aliphatic heterocycles. The Balaban J connectivity index is 2.79. The summed E-state index contributed by atoms with van der Waals surface area (Å²) in [5.74, 6) is 2.01. The van der Waals surface area contributed by atoms with Gasteiger partial charge in [-0.25, -0.2) is 9.97 Å². The number of hydrogen-bond acceptors (Lipinski definition) is 4. The fraction of sp³-hybridized carbons (Fsp3) is 0.333. The molecule has 1 heterocycles. The molecule has 17 heavy (non-hydrogen) atoms. The molecule has 5 heteroatoms. The van der Waals surface area contributed by atoms with Gasteiger partial charge in [-0.05, 0) is 6.07 Å². The van der Waals surface area contributed by atoms with Crippen molar-refractivity contribution in [1.82, 2.24) is 9.97 Å². The molecule has 90 valence electrons. The summed E-state index contributed by atoms with van der Waals surface area (Å²) in [6, 6.07) is 3.59. The van der Waals surface area contributed by atoms with Crippen LogP contribution in [0.1, 0.15) is 12.7 Å². The molecule has 1 aromatic carbocycles. The lowest BCUT2D eigenvalue weighted by Gasteiger charge is -2.09. The van der Waals surface area contributed by atoms with E-state index in [9.17, 15) is 0 Å². The number of rotatable bonds is 3. The zero-order valence-corrected chi connectivity index (χ0v) is 10.7. The highest BCUT2D eigenvalue weighted by molar-refractivity contribution is 6.34. The van der Waals surface area contributed by atoms with Crippen molar-refractivity contribution in [3.8, 4) is 11.5 Å². The van der Waals surface area contributed by atoms with Crippen LogP contribution in [0.25, 0.3) is 10.9 Å². The second kappa shape index (κ2) is 4.75. The highest BCUT2D eigenvalue weighted by atomic mass is 35.5. The lowest BCUT2D eigenvalue weighted by atomic mass is 10.2. The first kappa shape index (κ1) is 11.9. The monoisotopic (exact) mass is 252 g/mol. The van der Waals surface area contributed by atoms with Gasteiger partial charge in [0.25, 0.3) is 0 Å². The van der Waals surface area contributed by atoms with Crippen molar-refractivity contribution in [1.29, 1.82) is 0 Å². The molecule has 0 aliphatic rings. The lowest BCUT2D eigenvalue weighted by Crippen LogP contribution is -1.97. The largest absolute Gasteiger partial charge is 0.497 e. The average Bonchev–Trinajstić information content (AvgIpc) is 2.37. The van der Waals surface area contributed by atoms with Gasteiger partial charge in [0.1, 0.15) is 28.0 Å². The van der Waals surface area contributed by atoms with Crippen molar-refractivity contribution < 1.29 is 9.47 Å². The number of aromatic nitrogens is 2. The molecule has 0 N–H and O–H groups in total. The third-order valence-corrected chi connectivity index (χ3v) is 2.80. The van der Waals surface area contributed by atoms with Crippen LogP contribution in [-0.4, -0.2) is 24.2 Å².